The van der Waals surface area contributed by atoms with E-state index in [9.17, 15) is 9.18 Å². The molecule has 4 nitrogen and oxygen atoms in total. The largest absolute Gasteiger partial charge is 0.399 e. The minimum Gasteiger partial charge on any atom is -0.399 e. The molecule has 106 valence electrons. The molecule has 1 aliphatic heterocycles. The number of rotatable bonds is 1. The second-order valence-corrected chi connectivity index (χ2v) is 4.36. The lowest BCUT2D eigenvalue weighted by molar-refractivity contribution is -0.116. The molecule has 0 bridgehead atoms. The summed E-state index contributed by atoms with van der Waals surface area (Å²) in [5, 5.41) is 0. The fourth-order valence-corrected chi connectivity index (χ4v) is 2.05. The van der Waals surface area contributed by atoms with Crippen molar-refractivity contribution in [2.45, 2.75) is 0 Å². The molecule has 0 aliphatic carbocycles. The zero-order valence-electron chi connectivity index (χ0n) is 17.7. The third kappa shape index (κ3) is 2.27. The number of likely N-dealkylation sites (N-methyl/N-ethyl adjacent to an activating group) is 1. The molecule has 0 saturated carbocycles. The Balaban J connectivity index is 2.38. The normalized spacial score (nSPS) is 19.9. The van der Waals surface area contributed by atoms with E-state index in [0.717, 1.165) is 0 Å². The van der Waals surface area contributed by atoms with Crippen LogP contribution in [0.1, 0.15) is 20.7 Å². The molecule has 0 atom stereocenters. The van der Waals surface area contributed by atoms with Crippen molar-refractivity contribution in [3.63, 3.8) is 0 Å². The van der Waals surface area contributed by atoms with Crippen LogP contribution in [0.5, 0.6) is 0 Å². The van der Waals surface area contributed by atoms with Gasteiger partial charge in [-0.2, -0.15) is 0 Å². The molecule has 0 radical (unpaired) electrons. The topological polar surface area (TPSA) is 58.7 Å². The van der Waals surface area contributed by atoms with Crippen molar-refractivity contribution in [3.8, 4) is 0 Å². The zero-order chi connectivity index (χ0) is 21.0. The van der Waals surface area contributed by atoms with Crippen molar-refractivity contribution in [3.05, 3.63) is 59.3 Å². The van der Waals surface area contributed by atoms with Crippen molar-refractivity contribution >= 4 is 23.0 Å². The van der Waals surface area contributed by atoms with Crippen LogP contribution in [-0.2, 0) is 4.79 Å². The van der Waals surface area contributed by atoms with Crippen LogP contribution in [0.4, 0.5) is 15.8 Å². The van der Waals surface area contributed by atoms with Crippen molar-refractivity contribution in [2.75, 3.05) is 24.2 Å². The number of halogens is 1. The van der Waals surface area contributed by atoms with E-state index >= 15 is 0 Å². The number of benzene rings is 2. The highest BCUT2D eigenvalue weighted by Gasteiger charge is 2.23. The Bertz CT molecular complexity index is 1010. The number of aliphatic imine (C=N–C) groups is 1. The van der Waals surface area contributed by atoms with Crippen molar-refractivity contribution in [2.24, 2.45) is 4.99 Å². The molecular weight excluding hydrogens is 269 g/mol. The first-order chi connectivity index (χ1) is 12.9. The third-order valence-electron chi connectivity index (χ3n) is 3.02. The van der Waals surface area contributed by atoms with Gasteiger partial charge in [0.25, 0.3) is 0 Å². The molecule has 1 aliphatic rings. The van der Waals surface area contributed by atoms with Crippen LogP contribution >= 0.6 is 0 Å². The van der Waals surface area contributed by atoms with Crippen molar-refractivity contribution in [1.29, 1.82) is 0 Å². The van der Waals surface area contributed by atoms with Gasteiger partial charge in [0.05, 0.1) is 16.9 Å². The minimum absolute atomic E-state index is 0.0223. The number of fused-ring (bicyclic) bond motifs is 1. The van der Waals surface area contributed by atoms with Crippen LogP contribution in [-0.4, -0.2) is 25.1 Å². The molecule has 21 heavy (non-hydrogen) atoms. The van der Waals surface area contributed by atoms with E-state index in [1.54, 1.807) is 0 Å². The summed E-state index contributed by atoms with van der Waals surface area (Å²) >= 11 is 0. The fraction of sp³-hybridized carbons (Fsp3) is 0.125. The van der Waals surface area contributed by atoms with Gasteiger partial charge in [0.1, 0.15) is 12.4 Å². The van der Waals surface area contributed by atoms with Crippen LogP contribution in [0, 0.1) is 5.82 Å². The third-order valence-corrected chi connectivity index (χ3v) is 3.02. The van der Waals surface area contributed by atoms with Gasteiger partial charge in [-0.15, -0.1) is 0 Å². The molecular formula is C16H14FN3O. The van der Waals surface area contributed by atoms with Crippen LogP contribution < -0.4 is 10.6 Å². The fourth-order valence-electron chi connectivity index (χ4n) is 2.05. The molecule has 3 rings (SSSR count). The maximum Gasteiger partial charge on any atom is 0.248 e. The molecule has 0 aromatic heterocycles. The van der Waals surface area contributed by atoms with Gasteiger partial charge < -0.3 is 10.6 Å². The summed E-state index contributed by atoms with van der Waals surface area (Å²) in [5.74, 6) is -2.13. The number of hydrogen-bond donors (Lipinski definition) is 1. The molecule has 1 amide bonds. The first-order valence-electron chi connectivity index (χ1n) is 9.48. The summed E-state index contributed by atoms with van der Waals surface area (Å²) in [6, 6.07) is 0.898. The second kappa shape index (κ2) is 5.01. The Morgan fingerprint density at radius 3 is 3.00 bits per heavy atom. The molecule has 2 N–H and O–H groups in total. The zero-order valence-corrected chi connectivity index (χ0v) is 10.7. The molecule has 2 aromatic carbocycles. The van der Waals surface area contributed by atoms with E-state index in [0.29, 0.717) is 4.90 Å². The van der Waals surface area contributed by atoms with Gasteiger partial charge in [-0.3, -0.25) is 9.79 Å². The summed E-state index contributed by atoms with van der Waals surface area (Å²) < 4.78 is 68.9. The summed E-state index contributed by atoms with van der Waals surface area (Å²) in [6.07, 6.45) is 0. The maximum atomic E-state index is 14.8. The molecule has 5 heteroatoms. The van der Waals surface area contributed by atoms with E-state index in [1.807, 2.05) is 0 Å². The molecule has 0 saturated heterocycles. The van der Waals surface area contributed by atoms with Crippen LogP contribution in [0.25, 0.3) is 0 Å². The van der Waals surface area contributed by atoms with Crippen molar-refractivity contribution in [1.82, 2.24) is 0 Å². The number of benzodiazepines with no additional fused rings is 1. The van der Waals surface area contributed by atoms with E-state index in [4.69, 9.17) is 15.3 Å². The molecule has 0 unspecified atom stereocenters. The van der Waals surface area contributed by atoms with Crippen molar-refractivity contribution < 1.29 is 18.8 Å². The summed E-state index contributed by atoms with van der Waals surface area (Å²) in [4.78, 5) is 17.0. The first kappa shape index (κ1) is 7.36. The van der Waals surface area contributed by atoms with E-state index < -0.39 is 55.0 Å². The average Bonchev–Trinajstić information content (AvgIpc) is 2.75. The number of nitrogens with zero attached hydrogens (tertiary/aromatic N) is 2. The summed E-state index contributed by atoms with van der Waals surface area (Å²) in [7, 11) is 0. The number of amides is 1. The average molecular weight is 290 g/mol. The monoisotopic (exact) mass is 290 g/mol. The Labute approximate surface area is 131 Å². The summed E-state index contributed by atoms with van der Waals surface area (Å²) in [5.41, 5.74) is 4.99. The Kier molecular flexibility index (Phi) is 1.76. The lowest BCUT2D eigenvalue weighted by Crippen LogP contribution is -2.27. The molecule has 0 spiro atoms. The van der Waals surface area contributed by atoms with E-state index in [-0.39, 0.29) is 22.6 Å². The summed E-state index contributed by atoms with van der Waals surface area (Å²) in [6.45, 7) is -3.49. The molecule has 1 heterocycles. The number of hydrogen-bond acceptors (Lipinski definition) is 3. The quantitative estimate of drug-likeness (QED) is 0.819. The maximum absolute atomic E-state index is 14.8. The molecule has 2 aromatic rings. The Hall–Kier alpha value is -2.69. The Morgan fingerprint density at radius 1 is 1.38 bits per heavy atom. The highest BCUT2D eigenvalue weighted by molar-refractivity contribution is 6.19. The standard InChI is InChI=1S/C16H14FN3O/c1-20-14-7-6-10(18)8-12(14)16(19-9-15(20)21)11-4-2-3-5-13(11)17/h2-8H,9,18H2,1H3/i1D3,2D,3D,4D,5D. The second-order valence-electron chi connectivity index (χ2n) is 4.36. The number of carbonyl (C=O) groups excluding carboxylic acids is 1. The van der Waals surface area contributed by atoms with Crippen LogP contribution in [0.15, 0.2) is 47.4 Å². The van der Waals surface area contributed by atoms with Gasteiger partial charge in [-0.25, -0.2) is 4.39 Å². The lowest BCUT2D eigenvalue weighted by atomic mass is 9.99. The van der Waals surface area contributed by atoms with Crippen LogP contribution in [0.3, 0.4) is 0 Å². The number of anilines is 2. The van der Waals surface area contributed by atoms with Gasteiger partial charge in [0.15, 0.2) is 0 Å². The predicted molar refractivity (Wildman–Crippen MR) is 81.2 cm³/mol. The van der Waals surface area contributed by atoms with E-state index in [1.165, 1.54) is 18.2 Å². The van der Waals surface area contributed by atoms with Gasteiger partial charge in [0.2, 0.25) is 5.91 Å². The van der Waals surface area contributed by atoms with Crippen LogP contribution in [0.2, 0.25) is 0 Å². The highest BCUT2D eigenvalue weighted by atomic mass is 19.1. The van der Waals surface area contributed by atoms with Gasteiger partial charge in [-0.05, 0) is 30.3 Å². The van der Waals surface area contributed by atoms with Gasteiger partial charge in [-0.1, -0.05) is 12.1 Å². The Morgan fingerprint density at radius 2 is 2.19 bits per heavy atom. The number of nitrogen functional groups attached to an aromatic ring is 1. The van der Waals surface area contributed by atoms with Gasteiger partial charge >= 0.3 is 0 Å². The smallest absolute Gasteiger partial charge is 0.248 e. The molecule has 0 fully saturated rings. The number of nitrogens with two attached hydrogens (primary N) is 1. The van der Waals surface area contributed by atoms with E-state index in [2.05, 4.69) is 4.99 Å². The first-order valence-corrected chi connectivity index (χ1v) is 5.98. The number of carbonyl (C=O) groups is 1. The highest BCUT2D eigenvalue weighted by Crippen LogP contribution is 2.28. The lowest BCUT2D eigenvalue weighted by Gasteiger charge is -2.18. The minimum atomic E-state index is -2.85. The SMILES string of the molecule is [2H]c1c([2H])c([2H])c(C2=NCC(=O)N(C([2H])([2H])[2H])c3ccc(N)cc32)c(F)c1[2H]. The predicted octanol–water partition coefficient (Wildman–Crippen LogP) is 2.22. The van der Waals surface area contributed by atoms with Gasteiger partial charge in [0, 0.05) is 27.9 Å².